The van der Waals surface area contributed by atoms with Crippen LogP contribution in [0.25, 0.3) is 5.69 Å². The summed E-state index contributed by atoms with van der Waals surface area (Å²) >= 11 is 0. The van der Waals surface area contributed by atoms with Gasteiger partial charge in [-0.2, -0.15) is 15.0 Å². The number of para-hydroxylation sites is 1. The van der Waals surface area contributed by atoms with Crippen molar-refractivity contribution in [2.45, 2.75) is 53.1 Å². The number of carbonyl (C=O) groups is 1. The van der Waals surface area contributed by atoms with E-state index in [1.165, 1.54) is 4.80 Å². The van der Waals surface area contributed by atoms with E-state index in [9.17, 15) is 9.90 Å². The first-order valence-corrected chi connectivity index (χ1v) is 11.2. The lowest BCUT2D eigenvalue weighted by Gasteiger charge is -2.23. The lowest BCUT2D eigenvalue weighted by Crippen LogP contribution is -2.35. The standard InChI is InChI=1S/C22H29N5O4.C2H6/c1-16-20(22(2,3)29)25-19(31-16)10-14-26(13-7-15-30-4)21(28)17-8-5-6-9-18(17)27-23-11-12-24-27;1-2/h5-6,8-9,11-12,29H,7,10,13-15H2,1-4H3;1-2H3. The summed E-state index contributed by atoms with van der Waals surface area (Å²) in [6.45, 7) is 10.6. The number of aryl methyl sites for hydroxylation is 1. The van der Waals surface area contributed by atoms with E-state index in [2.05, 4.69) is 15.2 Å². The van der Waals surface area contributed by atoms with E-state index in [-0.39, 0.29) is 5.91 Å². The van der Waals surface area contributed by atoms with Crippen LogP contribution in [0.15, 0.2) is 41.1 Å². The number of amides is 1. The number of benzene rings is 1. The van der Waals surface area contributed by atoms with Crippen molar-refractivity contribution >= 4 is 5.91 Å². The number of hydrogen-bond donors (Lipinski definition) is 1. The van der Waals surface area contributed by atoms with Gasteiger partial charge in [-0.3, -0.25) is 4.79 Å². The predicted octanol–water partition coefficient (Wildman–Crippen LogP) is 3.54. The molecule has 0 saturated heterocycles. The van der Waals surface area contributed by atoms with Crippen LogP contribution in [0.3, 0.4) is 0 Å². The van der Waals surface area contributed by atoms with E-state index in [1.54, 1.807) is 51.2 Å². The lowest BCUT2D eigenvalue weighted by atomic mass is 10.0. The molecule has 2 heterocycles. The van der Waals surface area contributed by atoms with Crippen LogP contribution in [0.1, 0.15) is 61.8 Å². The molecule has 0 saturated carbocycles. The molecule has 0 bridgehead atoms. The number of aliphatic hydroxyl groups is 1. The Balaban J connectivity index is 0.00000187. The Bertz CT molecular complexity index is 993. The van der Waals surface area contributed by atoms with E-state index >= 15 is 0 Å². The Labute approximate surface area is 195 Å². The Hall–Kier alpha value is -3.04. The van der Waals surface area contributed by atoms with Crippen LogP contribution < -0.4 is 0 Å². The van der Waals surface area contributed by atoms with Crippen LogP contribution in [0.4, 0.5) is 0 Å². The van der Waals surface area contributed by atoms with Gasteiger partial charge in [-0.1, -0.05) is 26.0 Å². The molecule has 0 fully saturated rings. The topological polar surface area (TPSA) is 107 Å². The highest BCUT2D eigenvalue weighted by molar-refractivity contribution is 5.97. The van der Waals surface area contributed by atoms with Crippen molar-refractivity contribution in [1.29, 1.82) is 0 Å². The normalized spacial score (nSPS) is 11.1. The summed E-state index contributed by atoms with van der Waals surface area (Å²) < 4.78 is 10.9. The van der Waals surface area contributed by atoms with Gasteiger partial charge in [0.25, 0.3) is 5.91 Å². The largest absolute Gasteiger partial charge is 0.446 e. The molecule has 0 aliphatic rings. The van der Waals surface area contributed by atoms with E-state index in [4.69, 9.17) is 9.15 Å². The molecule has 1 N–H and O–H groups in total. The molecule has 3 rings (SSSR count). The molecule has 0 unspecified atom stereocenters. The first kappa shape index (κ1) is 26.2. The molecule has 1 aromatic carbocycles. The second kappa shape index (κ2) is 12.3. The average Bonchev–Trinajstić information content (AvgIpc) is 3.47. The van der Waals surface area contributed by atoms with Gasteiger partial charge in [0.15, 0.2) is 5.89 Å². The maximum atomic E-state index is 13.4. The molecular formula is C24H35N5O4. The first-order valence-electron chi connectivity index (χ1n) is 11.2. The fraction of sp³-hybridized carbons (Fsp3) is 0.500. The summed E-state index contributed by atoms with van der Waals surface area (Å²) in [5, 5.41) is 18.6. The van der Waals surface area contributed by atoms with Gasteiger partial charge in [-0.05, 0) is 39.3 Å². The number of oxazole rings is 1. The summed E-state index contributed by atoms with van der Waals surface area (Å²) in [4.78, 5) is 21.1. The van der Waals surface area contributed by atoms with Gasteiger partial charge in [0.05, 0.1) is 23.6 Å². The molecule has 0 aliphatic heterocycles. The van der Waals surface area contributed by atoms with Gasteiger partial charge in [0.1, 0.15) is 17.1 Å². The number of carbonyl (C=O) groups excluding carboxylic acids is 1. The first-order chi connectivity index (χ1) is 15.8. The lowest BCUT2D eigenvalue weighted by molar-refractivity contribution is 0.0720. The van der Waals surface area contributed by atoms with Gasteiger partial charge in [0.2, 0.25) is 0 Å². The van der Waals surface area contributed by atoms with Crippen LogP contribution in [0.5, 0.6) is 0 Å². The quantitative estimate of drug-likeness (QED) is 0.464. The van der Waals surface area contributed by atoms with E-state index in [0.29, 0.717) is 61.1 Å². The zero-order valence-corrected chi connectivity index (χ0v) is 20.4. The molecule has 0 radical (unpaired) electrons. The molecule has 180 valence electrons. The third kappa shape index (κ3) is 6.97. The monoisotopic (exact) mass is 457 g/mol. The molecule has 0 atom stereocenters. The minimum absolute atomic E-state index is 0.130. The number of aromatic nitrogens is 4. The summed E-state index contributed by atoms with van der Waals surface area (Å²) in [5.41, 5.74) is 0.549. The van der Waals surface area contributed by atoms with Crippen molar-refractivity contribution in [3.63, 3.8) is 0 Å². The maximum Gasteiger partial charge on any atom is 0.256 e. The SMILES string of the molecule is CC.COCCCN(CCc1nc(C(C)(C)O)c(C)o1)C(=O)c1ccccc1-n1nccn1. The van der Waals surface area contributed by atoms with Gasteiger partial charge in [0, 0.05) is 33.2 Å². The molecule has 9 heteroatoms. The zero-order valence-electron chi connectivity index (χ0n) is 20.4. The second-order valence-corrected chi connectivity index (χ2v) is 7.80. The summed E-state index contributed by atoms with van der Waals surface area (Å²) in [6.07, 6.45) is 4.27. The average molecular weight is 458 g/mol. The number of ether oxygens (including phenoxy) is 1. The molecular weight excluding hydrogens is 422 g/mol. The third-order valence-corrected chi connectivity index (χ3v) is 4.85. The fourth-order valence-electron chi connectivity index (χ4n) is 3.41. The third-order valence-electron chi connectivity index (χ3n) is 4.85. The van der Waals surface area contributed by atoms with Crippen molar-refractivity contribution in [1.82, 2.24) is 24.9 Å². The molecule has 3 aromatic rings. The van der Waals surface area contributed by atoms with Crippen molar-refractivity contribution < 1.29 is 19.1 Å². The van der Waals surface area contributed by atoms with Crippen LogP contribution in [-0.4, -0.2) is 62.7 Å². The summed E-state index contributed by atoms with van der Waals surface area (Å²) in [7, 11) is 1.64. The highest BCUT2D eigenvalue weighted by atomic mass is 16.5. The van der Waals surface area contributed by atoms with Crippen molar-refractivity contribution in [3.8, 4) is 5.69 Å². The number of hydrogen-bond acceptors (Lipinski definition) is 7. The van der Waals surface area contributed by atoms with Crippen LogP contribution in [-0.2, 0) is 16.8 Å². The van der Waals surface area contributed by atoms with Gasteiger partial charge < -0.3 is 19.2 Å². The maximum absolute atomic E-state index is 13.4. The van der Waals surface area contributed by atoms with Crippen LogP contribution >= 0.6 is 0 Å². The van der Waals surface area contributed by atoms with Crippen molar-refractivity contribution in [3.05, 3.63) is 59.6 Å². The Morgan fingerprint density at radius 2 is 1.85 bits per heavy atom. The molecule has 1 amide bonds. The number of rotatable bonds is 10. The zero-order chi connectivity index (χ0) is 24.4. The highest BCUT2D eigenvalue weighted by Gasteiger charge is 2.25. The smallest absolute Gasteiger partial charge is 0.256 e. The summed E-state index contributed by atoms with van der Waals surface area (Å²) in [6, 6.07) is 7.25. The van der Waals surface area contributed by atoms with Gasteiger partial charge in [-0.25, -0.2) is 4.98 Å². The number of methoxy groups -OCH3 is 1. The predicted molar refractivity (Wildman–Crippen MR) is 125 cm³/mol. The van der Waals surface area contributed by atoms with Gasteiger partial charge >= 0.3 is 0 Å². The molecule has 9 nitrogen and oxygen atoms in total. The van der Waals surface area contributed by atoms with Crippen LogP contribution in [0, 0.1) is 6.92 Å². The minimum Gasteiger partial charge on any atom is -0.446 e. The molecule has 2 aromatic heterocycles. The summed E-state index contributed by atoms with van der Waals surface area (Å²) in [5.74, 6) is 0.936. The molecule has 0 spiro atoms. The van der Waals surface area contributed by atoms with E-state index < -0.39 is 5.60 Å². The second-order valence-electron chi connectivity index (χ2n) is 7.80. The van der Waals surface area contributed by atoms with Gasteiger partial charge in [-0.15, -0.1) is 0 Å². The highest BCUT2D eigenvalue weighted by Crippen LogP contribution is 2.23. The Morgan fingerprint density at radius 3 is 2.45 bits per heavy atom. The number of nitrogens with zero attached hydrogens (tertiary/aromatic N) is 5. The van der Waals surface area contributed by atoms with E-state index in [0.717, 1.165) is 0 Å². The van der Waals surface area contributed by atoms with Crippen molar-refractivity contribution in [2.24, 2.45) is 0 Å². The Morgan fingerprint density at radius 1 is 1.18 bits per heavy atom. The minimum atomic E-state index is -1.09. The molecule has 33 heavy (non-hydrogen) atoms. The fourth-order valence-corrected chi connectivity index (χ4v) is 3.41. The van der Waals surface area contributed by atoms with E-state index in [1.807, 2.05) is 32.0 Å². The van der Waals surface area contributed by atoms with Crippen molar-refractivity contribution in [2.75, 3.05) is 26.8 Å². The Kier molecular flexibility index (Phi) is 9.74. The molecule has 0 aliphatic carbocycles. The van der Waals surface area contributed by atoms with Crippen LogP contribution in [0.2, 0.25) is 0 Å².